The molecule has 0 bridgehead atoms. The van der Waals surface area contributed by atoms with E-state index in [1.165, 1.54) is 10.6 Å². The van der Waals surface area contributed by atoms with Gasteiger partial charge in [-0.1, -0.05) is 18.2 Å². The van der Waals surface area contributed by atoms with Crippen LogP contribution >= 0.6 is 0 Å². The Morgan fingerprint density at radius 1 is 1.08 bits per heavy atom. The number of hydrogen-bond donors (Lipinski definition) is 3. The van der Waals surface area contributed by atoms with E-state index in [1.807, 2.05) is 26.0 Å². The van der Waals surface area contributed by atoms with Gasteiger partial charge in [-0.05, 0) is 37.6 Å². The Morgan fingerprint density at radius 3 is 2.46 bits per heavy atom. The molecule has 0 spiro atoms. The van der Waals surface area contributed by atoms with Crippen molar-refractivity contribution in [2.45, 2.75) is 39.4 Å². The van der Waals surface area contributed by atoms with Crippen LogP contribution < -0.4 is 21.5 Å². The van der Waals surface area contributed by atoms with Crippen LogP contribution in [-0.2, 0) is 17.9 Å². The van der Waals surface area contributed by atoms with Crippen molar-refractivity contribution in [1.29, 1.82) is 0 Å². The van der Waals surface area contributed by atoms with Crippen LogP contribution in [0.2, 0.25) is 0 Å². The Hall–Kier alpha value is -3.09. The van der Waals surface area contributed by atoms with Gasteiger partial charge in [-0.2, -0.15) is 0 Å². The van der Waals surface area contributed by atoms with E-state index in [0.717, 1.165) is 5.56 Å². The average Bonchev–Trinajstić information content (AvgIpc) is 2.59. The number of carbonyl (C=O) groups is 2. The van der Waals surface area contributed by atoms with Crippen LogP contribution in [0, 0.1) is 0 Å². The highest BCUT2D eigenvalue weighted by molar-refractivity contribution is 5.89. The molecule has 0 unspecified atom stereocenters. The second-order valence-electron chi connectivity index (χ2n) is 6.21. The number of aryl methyl sites for hydroxylation is 1. The SMILES string of the molecule is CC(C)NC(=O)Nc1ccc(CNC(=O)CCn2ccccc2=O)cc1. The van der Waals surface area contributed by atoms with E-state index in [2.05, 4.69) is 16.0 Å². The number of benzene rings is 1. The topological polar surface area (TPSA) is 92.2 Å². The molecule has 0 aliphatic carbocycles. The first-order chi connectivity index (χ1) is 12.4. The third-order valence-corrected chi connectivity index (χ3v) is 3.60. The fraction of sp³-hybridized carbons (Fsp3) is 0.316. The number of amides is 3. The summed E-state index contributed by atoms with van der Waals surface area (Å²) in [6, 6.07) is 12.0. The van der Waals surface area contributed by atoms with Crippen LogP contribution in [0.1, 0.15) is 25.8 Å². The van der Waals surface area contributed by atoms with Crippen LogP contribution in [0.5, 0.6) is 0 Å². The molecule has 138 valence electrons. The number of nitrogens with one attached hydrogen (secondary N) is 3. The smallest absolute Gasteiger partial charge is 0.319 e. The normalized spacial score (nSPS) is 10.4. The largest absolute Gasteiger partial charge is 0.352 e. The molecule has 1 aromatic carbocycles. The summed E-state index contributed by atoms with van der Waals surface area (Å²) in [4.78, 5) is 35.1. The molecule has 0 aliphatic rings. The fourth-order valence-corrected chi connectivity index (χ4v) is 2.29. The van der Waals surface area contributed by atoms with Gasteiger partial charge in [0.05, 0.1) is 0 Å². The van der Waals surface area contributed by atoms with Gasteiger partial charge in [0.25, 0.3) is 5.56 Å². The third kappa shape index (κ3) is 6.43. The van der Waals surface area contributed by atoms with Gasteiger partial charge in [-0.15, -0.1) is 0 Å². The van der Waals surface area contributed by atoms with Gasteiger partial charge in [0, 0.05) is 43.5 Å². The van der Waals surface area contributed by atoms with E-state index in [-0.39, 0.29) is 30.0 Å². The first-order valence-electron chi connectivity index (χ1n) is 8.52. The molecule has 3 N–H and O–H groups in total. The highest BCUT2D eigenvalue weighted by atomic mass is 16.2. The van der Waals surface area contributed by atoms with Gasteiger partial charge in [0.15, 0.2) is 0 Å². The molecule has 0 radical (unpaired) electrons. The van der Waals surface area contributed by atoms with Crippen LogP contribution in [0.3, 0.4) is 0 Å². The summed E-state index contributed by atoms with van der Waals surface area (Å²) in [6.07, 6.45) is 1.90. The zero-order chi connectivity index (χ0) is 18.9. The first-order valence-corrected chi connectivity index (χ1v) is 8.52. The Bertz CT molecular complexity index is 797. The lowest BCUT2D eigenvalue weighted by atomic mass is 10.2. The standard InChI is InChI=1S/C19H24N4O3/c1-14(2)21-19(26)22-16-8-6-15(7-9-16)13-20-17(24)10-12-23-11-4-3-5-18(23)25/h3-9,11,14H,10,12-13H2,1-2H3,(H,20,24)(H2,21,22,26). The molecule has 1 aromatic heterocycles. The van der Waals surface area contributed by atoms with Gasteiger partial charge in [-0.3, -0.25) is 9.59 Å². The highest BCUT2D eigenvalue weighted by Crippen LogP contribution is 2.09. The number of aromatic nitrogens is 1. The molecule has 1 heterocycles. The monoisotopic (exact) mass is 356 g/mol. The molecule has 0 atom stereocenters. The van der Waals surface area contributed by atoms with Crippen LogP contribution in [0.25, 0.3) is 0 Å². The zero-order valence-corrected chi connectivity index (χ0v) is 15.0. The lowest BCUT2D eigenvalue weighted by molar-refractivity contribution is -0.121. The number of hydrogen-bond acceptors (Lipinski definition) is 3. The van der Waals surface area contributed by atoms with Crippen molar-refractivity contribution >= 4 is 17.6 Å². The lowest BCUT2D eigenvalue weighted by Crippen LogP contribution is -2.34. The van der Waals surface area contributed by atoms with Gasteiger partial charge in [0.1, 0.15) is 0 Å². The fourth-order valence-electron chi connectivity index (χ4n) is 2.29. The zero-order valence-electron chi connectivity index (χ0n) is 15.0. The summed E-state index contributed by atoms with van der Waals surface area (Å²) in [5.74, 6) is -0.126. The highest BCUT2D eigenvalue weighted by Gasteiger charge is 2.05. The first kappa shape index (κ1) is 19.2. The van der Waals surface area contributed by atoms with E-state index < -0.39 is 0 Å². The summed E-state index contributed by atoms with van der Waals surface area (Å²) in [5, 5.41) is 8.31. The van der Waals surface area contributed by atoms with Gasteiger partial charge in [0.2, 0.25) is 5.91 Å². The summed E-state index contributed by atoms with van der Waals surface area (Å²) in [6.45, 7) is 4.51. The Balaban J connectivity index is 1.76. The molecule has 0 saturated heterocycles. The summed E-state index contributed by atoms with van der Waals surface area (Å²) in [5.41, 5.74) is 1.48. The van der Waals surface area contributed by atoms with Crippen LogP contribution in [0.15, 0.2) is 53.5 Å². The second kappa shape index (κ2) is 9.41. The van der Waals surface area contributed by atoms with Gasteiger partial charge < -0.3 is 20.5 Å². The lowest BCUT2D eigenvalue weighted by Gasteiger charge is -2.11. The van der Waals surface area contributed by atoms with Crippen molar-refractivity contribution in [3.8, 4) is 0 Å². The third-order valence-electron chi connectivity index (χ3n) is 3.60. The maximum absolute atomic E-state index is 11.9. The molecule has 0 aliphatic heterocycles. The Morgan fingerprint density at radius 2 is 1.81 bits per heavy atom. The van der Waals surface area contributed by atoms with Crippen molar-refractivity contribution in [2.24, 2.45) is 0 Å². The van der Waals surface area contributed by atoms with E-state index in [1.54, 1.807) is 30.5 Å². The number of pyridine rings is 1. The van der Waals surface area contributed by atoms with E-state index >= 15 is 0 Å². The average molecular weight is 356 g/mol. The Labute approximate surface area is 152 Å². The number of nitrogens with zero attached hydrogens (tertiary/aromatic N) is 1. The molecular formula is C19H24N4O3. The van der Waals surface area contributed by atoms with E-state index in [4.69, 9.17) is 0 Å². The molecule has 2 aromatic rings. The molecule has 0 fully saturated rings. The number of carbonyl (C=O) groups excluding carboxylic acids is 2. The van der Waals surface area contributed by atoms with E-state index in [0.29, 0.717) is 18.8 Å². The number of anilines is 1. The summed E-state index contributed by atoms with van der Waals surface area (Å²) < 4.78 is 1.50. The van der Waals surface area contributed by atoms with Gasteiger partial charge in [-0.25, -0.2) is 4.79 Å². The van der Waals surface area contributed by atoms with Crippen molar-refractivity contribution < 1.29 is 9.59 Å². The summed E-state index contributed by atoms with van der Waals surface area (Å²) in [7, 11) is 0. The molecule has 7 nitrogen and oxygen atoms in total. The van der Waals surface area contributed by atoms with Crippen molar-refractivity contribution in [3.05, 3.63) is 64.6 Å². The molecule has 26 heavy (non-hydrogen) atoms. The predicted molar refractivity (Wildman–Crippen MR) is 101 cm³/mol. The minimum Gasteiger partial charge on any atom is -0.352 e. The predicted octanol–water partition coefficient (Wildman–Crippen LogP) is 2.08. The molecule has 7 heteroatoms. The molecule has 2 rings (SSSR count). The molecule has 0 saturated carbocycles. The summed E-state index contributed by atoms with van der Waals surface area (Å²) >= 11 is 0. The minimum absolute atomic E-state index is 0.0660. The van der Waals surface area contributed by atoms with E-state index in [9.17, 15) is 14.4 Å². The molecular weight excluding hydrogens is 332 g/mol. The maximum Gasteiger partial charge on any atom is 0.319 e. The Kier molecular flexibility index (Phi) is 6.96. The minimum atomic E-state index is -0.253. The maximum atomic E-state index is 11.9. The van der Waals surface area contributed by atoms with Crippen molar-refractivity contribution in [2.75, 3.05) is 5.32 Å². The number of urea groups is 1. The molecule has 3 amide bonds. The van der Waals surface area contributed by atoms with Crippen LogP contribution in [0.4, 0.5) is 10.5 Å². The van der Waals surface area contributed by atoms with Gasteiger partial charge >= 0.3 is 6.03 Å². The second-order valence-corrected chi connectivity index (χ2v) is 6.21. The van der Waals surface area contributed by atoms with Crippen molar-refractivity contribution in [3.63, 3.8) is 0 Å². The van der Waals surface area contributed by atoms with Crippen molar-refractivity contribution in [1.82, 2.24) is 15.2 Å². The van der Waals surface area contributed by atoms with Crippen LogP contribution in [-0.4, -0.2) is 22.5 Å². The number of rotatable bonds is 7. The quantitative estimate of drug-likeness (QED) is 0.709.